The monoisotopic (exact) mass is 219 g/mol. The van der Waals surface area contributed by atoms with Gasteiger partial charge in [-0.25, -0.2) is 0 Å². The highest BCUT2D eigenvalue weighted by Crippen LogP contribution is 2.30. The van der Waals surface area contributed by atoms with Gasteiger partial charge in [0.15, 0.2) is 0 Å². The van der Waals surface area contributed by atoms with Gasteiger partial charge in [-0.3, -0.25) is 0 Å². The Hall–Kier alpha value is -0.800. The van der Waals surface area contributed by atoms with E-state index in [9.17, 15) is 0 Å². The number of nitrogens with zero attached hydrogens (tertiary/aromatic N) is 1. The first kappa shape index (κ1) is 10.4. The Morgan fingerprint density at radius 2 is 2.31 bits per heavy atom. The fourth-order valence-corrected chi connectivity index (χ4v) is 2.56. The molecule has 0 amide bonds. The van der Waals surface area contributed by atoms with Gasteiger partial charge < -0.3 is 15.2 Å². The number of nitrogens with one attached hydrogen (secondary N) is 2. The van der Waals surface area contributed by atoms with Crippen LogP contribution in [0.15, 0.2) is 18.5 Å². The van der Waals surface area contributed by atoms with E-state index in [1.165, 1.54) is 44.5 Å². The fourth-order valence-electron chi connectivity index (χ4n) is 2.56. The molecular formula is C13H21N3. The van der Waals surface area contributed by atoms with Crippen molar-refractivity contribution in [2.24, 2.45) is 5.92 Å². The number of hydrogen-bond acceptors (Lipinski definition) is 2. The molecule has 1 atom stereocenters. The van der Waals surface area contributed by atoms with Crippen molar-refractivity contribution in [2.45, 2.75) is 31.8 Å². The smallest absolute Gasteiger partial charge is 0.0223 e. The van der Waals surface area contributed by atoms with Crippen molar-refractivity contribution in [3.63, 3.8) is 0 Å². The van der Waals surface area contributed by atoms with Crippen molar-refractivity contribution in [1.82, 2.24) is 15.2 Å². The van der Waals surface area contributed by atoms with Gasteiger partial charge >= 0.3 is 0 Å². The van der Waals surface area contributed by atoms with E-state index in [1.54, 1.807) is 0 Å². The van der Waals surface area contributed by atoms with Crippen LogP contribution in [0.3, 0.4) is 0 Å². The van der Waals surface area contributed by atoms with Crippen LogP contribution < -0.4 is 5.32 Å². The first-order valence-corrected chi connectivity index (χ1v) is 6.47. The van der Waals surface area contributed by atoms with Crippen molar-refractivity contribution in [3.8, 4) is 0 Å². The van der Waals surface area contributed by atoms with E-state index in [-0.39, 0.29) is 0 Å². The van der Waals surface area contributed by atoms with Gasteiger partial charge in [0.05, 0.1) is 0 Å². The van der Waals surface area contributed by atoms with Crippen LogP contribution in [-0.2, 0) is 6.54 Å². The van der Waals surface area contributed by atoms with E-state index >= 15 is 0 Å². The summed E-state index contributed by atoms with van der Waals surface area (Å²) in [4.78, 5) is 5.73. The van der Waals surface area contributed by atoms with Gasteiger partial charge in [-0.05, 0) is 43.4 Å². The fraction of sp³-hybridized carbons (Fsp3) is 0.692. The summed E-state index contributed by atoms with van der Waals surface area (Å²) in [6.45, 7) is 4.90. The molecule has 1 aromatic rings. The van der Waals surface area contributed by atoms with Gasteiger partial charge in [-0.1, -0.05) is 0 Å². The third-order valence-corrected chi connectivity index (χ3v) is 3.74. The molecule has 0 aromatic carbocycles. The maximum absolute atomic E-state index is 3.65. The van der Waals surface area contributed by atoms with E-state index < -0.39 is 0 Å². The van der Waals surface area contributed by atoms with E-state index in [1.807, 2.05) is 6.20 Å². The largest absolute Gasteiger partial charge is 0.367 e. The Bertz CT molecular complexity index is 316. The first-order valence-electron chi connectivity index (χ1n) is 6.47. The van der Waals surface area contributed by atoms with Crippen LogP contribution in [0.25, 0.3) is 0 Å². The van der Waals surface area contributed by atoms with E-state index in [4.69, 9.17) is 0 Å². The minimum absolute atomic E-state index is 0.702. The molecule has 3 heteroatoms. The molecular weight excluding hydrogens is 198 g/mol. The third kappa shape index (κ3) is 2.66. The van der Waals surface area contributed by atoms with Crippen LogP contribution in [0.1, 0.15) is 24.8 Å². The summed E-state index contributed by atoms with van der Waals surface area (Å²) < 4.78 is 0. The molecule has 1 aliphatic heterocycles. The maximum Gasteiger partial charge on any atom is 0.0223 e. The molecule has 0 radical (unpaired) electrons. The first-order chi connectivity index (χ1) is 7.90. The molecule has 2 aliphatic rings. The van der Waals surface area contributed by atoms with Crippen molar-refractivity contribution >= 4 is 0 Å². The standard InChI is InChI=1S/C13H21N3/c1-2-11(1)9-16-6-4-13(10-16)15-8-12-3-5-14-7-12/h3,5,7,11,13-15H,1-2,4,6,8-10H2. The molecule has 0 bridgehead atoms. The highest BCUT2D eigenvalue weighted by atomic mass is 15.2. The molecule has 88 valence electrons. The molecule has 1 aliphatic carbocycles. The summed E-state index contributed by atoms with van der Waals surface area (Å²) in [6, 6.07) is 2.85. The number of hydrogen-bond donors (Lipinski definition) is 2. The Balaban J connectivity index is 1.39. The lowest BCUT2D eigenvalue weighted by molar-refractivity contribution is 0.314. The average molecular weight is 219 g/mol. The Labute approximate surface area is 97.2 Å². The summed E-state index contributed by atoms with van der Waals surface area (Å²) in [5, 5.41) is 3.65. The Morgan fingerprint density at radius 3 is 3.06 bits per heavy atom. The van der Waals surface area contributed by atoms with Crippen LogP contribution in [0.4, 0.5) is 0 Å². The molecule has 3 nitrogen and oxygen atoms in total. The summed E-state index contributed by atoms with van der Waals surface area (Å²) >= 11 is 0. The number of H-pyrrole nitrogens is 1. The molecule has 1 saturated heterocycles. The van der Waals surface area contributed by atoms with Gasteiger partial charge in [0.2, 0.25) is 0 Å². The quantitative estimate of drug-likeness (QED) is 0.788. The zero-order valence-corrected chi connectivity index (χ0v) is 9.78. The molecule has 0 spiro atoms. The molecule has 16 heavy (non-hydrogen) atoms. The number of aromatic nitrogens is 1. The predicted octanol–water partition coefficient (Wildman–Crippen LogP) is 1.59. The molecule has 2 N–H and O–H groups in total. The molecule has 1 aromatic heterocycles. The molecule has 1 unspecified atom stereocenters. The van der Waals surface area contributed by atoms with Crippen LogP contribution in [0.5, 0.6) is 0 Å². The highest BCUT2D eigenvalue weighted by molar-refractivity contribution is 5.08. The molecule has 2 heterocycles. The maximum atomic E-state index is 3.65. The van der Waals surface area contributed by atoms with Crippen LogP contribution in [-0.4, -0.2) is 35.6 Å². The molecule has 1 saturated carbocycles. The van der Waals surface area contributed by atoms with Crippen molar-refractivity contribution in [1.29, 1.82) is 0 Å². The summed E-state index contributed by atoms with van der Waals surface area (Å²) in [5.74, 6) is 1.03. The van der Waals surface area contributed by atoms with Crippen molar-refractivity contribution < 1.29 is 0 Å². The minimum Gasteiger partial charge on any atom is -0.367 e. The van der Waals surface area contributed by atoms with Crippen LogP contribution in [0, 0.1) is 5.92 Å². The number of aromatic amines is 1. The topological polar surface area (TPSA) is 31.1 Å². The van der Waals surface area contributed by atoms with Crippen molar-refractivity contribution in [3.05, 3.63) is 24.0 Å². The second kappa shape index (κ2) is 4.60. The van der Waals surface area contributed by atoms with Crippen molar-refractivity contribution in [2.75, 3.05) is 19.6 Å². The second-order valence-electron chi connectivity index (χ2n) is 5.29. The second-order valence-corrected chi connectivity index (χ2v) is 5.29. The SMILES string of the molecule is c1cc(CNC2CCN(CC3CC3)C2)c[nH]1. The Kier molecular flexibility index (Phi) is 2.98. The number of rotatable bonds is 5. The highest BCUT2D eigenvalue weighted by Gasteiger charge is 2.28. The van der Waals surface area contributed by atoms with Gasteiger partial charge in [0.1, 0.15) is 0 Å². The zero-order valence-electron chi connectivity index (χ0n) is 9.78. The summed E-state index contributed by atoms with van der Waals surface area (Å²) in [5.41, 5.74) is 1.36. The third-order valence-electron chi connectivity index (χ3n) is 3.74. The lowest BCUT2D eigenvalue weighted by Crippen LogP contribution is -2.32. The lowest BCUT2D eigenvalue weighted by atomic mass is 10.2. The Morgan fingerprint density at radius 1 is 1.38 bits per heavy atom. The summed E-state index contributed by atoms with van der Waals surface area (Å²) in [7, 11) is 0. The van der Waals surface area contributed by atoms with Gasteiger partial charge in [-0.15, -0.1) is 0 Å². The van der Waals surface area contributed by atoms with E-state index in [0.717, 1.165) is 12.5 Å². The normalized spacial score (nSPS) is 26.4. The summed E-state index contributed by atoms with van der Waals surface area (Å²) in [6.07, 6.45) is 8.32. The molecule has 2 fully saturated rings. The van der Waals surface area contributed by atoms with Crippen LogP contribution >= 0.6 is 0 Å². The average Bonchev–Trinajstić information content (AvgIpc) is 2.81. The minimum atomic E-state index is 0.702. The van der Waals surface area contributed by atoms with E-state index in [2.05, 4.69) is 27.5 Å². The van der Waals surface area contributed by atoms with Gasteiger partial charge in [-0.2, -0.15) is 0 Å². The molecule has 3 rings (SSSR count). The zero-order chi connectivity index (χ0) is 10.8. The van der Waals surface area contributed by atoms with Crippen LogP contribution in [0.2, 0.25) is 0 Å². The lowest BCUT2D eigenvalue weighted by Gasteiger charge is -2.15. The van der Waals surface area contributed by atoms with Gasteiger partial charge in [0.25, 0.3) is 0 Å². The predicted molar refractivity (Wildman–Crippen MR) is 65.2 cm³/mol. The van der Waals surface area contributed by atoms with E-state index in [0.29, 0.717) is 6.04 Å². The number of likely N-dealkylation sites (tertiary alicyclic amines) is 1. The van der Waals surface area contributed by atoms with Gasteiger partial charge in [0, 0.05) is 38.1 Å².